The van der Waals surface area contributed by atoms with E-state index in [1.165, 1.54) is 13.8 Å². The van der Waals surface area contributed by atoms with Crippen molar-refractivity contribution in [1.82, 2.24) is 15.0 Å². The molecular weight excluding hydrogens is 309 g/mol. The molecule has 1 aromatic heterocycles. The molecule has 2 rings (SSSR count). The molecule has 0 unspecified atom stereocenters. The highest BCUT2D eigenvalue weighted by molar-refractivity contribution is 6.30. The molecule has 1 heterocycles. The first kappa shape index (κ1) is 16.2. The molecule has 118 valence electrons. The van der Waals surface area contributed by atoms with E-state index in [0.717, 1.165) is 0 Å². The smallest absolute Gasteiger partial charge is 0.227 e. The topological polar surface area (TPSA) is 86.0 Å². The van der Waals surface area contributed by atoms with E-state index in [1.807, 2.05) is 0 Å². The Labute approximate surface area is 132 Å². The number of anilines is 2. The van der Waals surface area contributed by atoms with Gasteiger partial charge < -0.3 is 15.8 Å². The number of nitrogens with two attached hydrogens (primary N) is 1. The number of rotatable bonds is 6. The predicted octanol–water partition coefficient (Wildman–Crippen LogP) is 2.80. The molecule has 0 bridgehead atoms. The molecule has 1 aromatic carbocycles. The van der Waals surface area contributed by atoms with Crippen LogP contribution in [-0.4, -0.2) is 28.1 Å². The average Bonchev–Trinajstić information content (AvgIpc) is 2.44. The Balaban J connectivity index is 1.89. The van der Waals surface area contributed by atoms with E-state index in [0.29, 0.717) is 23.9 Å². The second kappa shape index (κ2) is 6.74. The minimum atomic E-state index is -1.69. The molecule has 3 N–H and O–H groups in total. The molecule has 6 nitrogen and oxygen atoms in total. The maximum Gasteiger partial charge on any atom is 0.227 e. The molecule has 0 fully saturated rings. The quantitative estimate of drug-likeness (QED) is 0.794. The molecule has 0 spiro atoms. The van der Waals surface area contributed by atoms with E-state index < -0.39 is 5.67 Å². The minimum Gasteiger partial charge on any atom is -0.492 e. The van der Waals surface area contributed by atoms with E-state index >= 15 is 0 Å². The van der Waals surface area contributed by atoms with Crippen LogP contribution in [0.2, 0.25) is 5.02 Å². The Bertz CT molecular complexity index is 630. The zero-order valence-electron chi connectivity index (χ0n) is 12.3. The van der Waals surface area contributed by atoms with Crippen molar-refractivity contribution in [2.75, 3.05) is 24.2 Å². The standard InChI is InChI=1S/C14H17ClFN5O/c1-14(2,16)11-19-12(17)21-13(20-11)18-7-8-22-10-5-3-9(15)4-6-10/h3-6H,7-8H2,1-2H3,(H3,17,18,19,20,21). The third-order valence-electron chi connectivity index (χ3n) is 2.65. The van der Waals surface area contributed by atoms with Gasteiger partial charge in [0.2, 0.25) is 11.9 Å². The molecule has 0 amide bonds. The van der Waals surface area contributed by atoms with Crippen molar-refractivity contribution in [2.24, 2.45) is 0 Å². The highest BCUT2D eigenvalue weighted by Crippen LogP contribution is 2.21. The van der Waals surface area contributed by atoms with E-state index in [9.17, 15) is 4.39 Å². The monoisotopic (exact) mass is 325 g/mol. The summed E-state index contributed by atoms with van der Waals surface area (Å²) >= 11 is 5.79. The van der Waals surface area contributed by atoms with E-state index in [-0.39, 0.29) is 17.7 Å². The molecule has 0 radical (unpaired) electrons. The first-order valence-electron chi connectivity index (χ1n) is 6.68. The summed E-state index contributed by atoms with van der Waals surface area (Å²) in [6.07, 6.45) is 0. The number of nitrogens with zero attached hydrogens (tertiary/aromatic N) is 3. The predicted molar refractivity (Wildman–Crippen MR) is 83.8 cm³/mol. The van der Waals surface area contributed by atoms with Gasteiger partial charge in [-0.2, -0.15) is 15.0 Å². The van der Waals surface area contributed by atoms with Gasteiger partial charge in [0.25, 0.3) is 0 Å². The van der Waals surface area contributed by atoms with Gasteiger partial charge in [-0.05, 0) is 38.1 Å². The highest BCUT2D eigenvalue weighted by atomic mass is 35.5. The third kappa shape index (κ3) is 4.70. The first-order valence-corrected chi connectivity index (χ1v) is 7.05. The van der Waals surface area contributed by atoms with Crippen LogP contribution in [0.15, 0.2) is 24.3 Å². The van der Waals surface area contributed by atoms with Crippen LogP contribution in [-0.2, 0) is 5.67 Å². The lowest BCUT2D eigenvalue weighted by Gasteiger charge is -2.14. The van der Waals surface area contributed by atoms with Gasteiger partial charge in [0.1, 0.15) is 12.4 Å². The fraction of sp³-hybridized carbons (Fsp3) is 0.357. The molecule has 0 atom stereocenters. The summed E-state index contributed by atoms with van der Waals surface area (Å²) in [5, 5.41) is 3.57. The van der Waals surface area contributed by atoms with Crippen LogP contribution in [0.3, 0.4) is 0 Å². The number of ether oxygens (including phenoxy) is 1. The number of nitrogen functional groups attached to an aromatic ring is 1. The van der Waals surface area contributed by atoms with Gasteiger partial charge in [-0.1, -0.05) is 11.6 Å². The van der Waals surface area contributed by atoms with E-state index in [2.05, 4.69) is 20.3 Å². The average molecular weight is 326 g/mol. The van der Waals surface area contributed by atoms with Crippen LogP contribution < -0.4 is 15.8 Å². The molecule has 8 heteroatoms. The zero-order valence-corrected chi connectivity index (χ0v) is 13.1. The number of aromatic nitrogens is 3. The van der Waals surface area contributed by atoms with Gasteiger partial charge in [-0.3, -0.25) is 0 Å². The fourth-order valence-corrected chi connectivity index (χ4v) is 1.73. The van der Waals surface area contributed by atoms with E-state index in [1.54, 1.807) is 24.3 Å². The van der Waals surface area contributed by atoms with Crippen LogP contribution in [0, 0.1) is 0 Å². The van der Waals surface area contributed by atoms with Crippen molar-refractivity contribution in [3.8, 4) is 5.75 Å². The maximum atomic E-state index is 13.9. The Kier molecular flexibility index (Phi) is 4.97. The summed E-state index contributed by atoms with van der Waals surface area (Å²) in [6.45, 7) is 3.52. The number of hydrogen-bond donors (Lipinski definition) is 2. The lowest BCUT2D eigenvalue weighted by atomic mass is 10.1. The normalized spacial score (nSPS) is 11.3. The summed E-state index contributed by atoms with van der Waals surface area (Å²) < 4.78 is 19.4. The Morgan fingerprint density at radius 3 is 2.55 bits per heavy atom. The van der Waals surface area contributed by atoms with Crippen LogP contribution in [0.4, 0.5) is 16.3 Å². The molecule has 0 aliphatic heterocycles. The van der Waals surface area contributed by atoms with Gasteiger partial charge in [0.05, 0.1) is 6.54 Å². The molecule has 0 saturated carbocycles. The molecule has 0 aliphatic rings. The van der Waals surface area contributed by atoms with Crippen molar-refractivity contribution >= 4 is 23.5 Å². The number of benzene rings is 1. The molecular formula is C14H17ClFN5O. The van der Waals surface area contributed by atoms with Gasteiger partial charge >= 0.3 is 0 Å². The molecule has 22 heavy (non-hydrogen) atoms. The summed E-state index contributed by atoms with van der Waals surface area (Å²) in [5.41, 5.74) is 3.87. The lowest BCUT2D eigenvalue weighted by molar-refractivity contribution is 0.206. The number of alkyl halides is 1. The summed E-state index contributed by atoms with van der Waals surface area (Å²) in [4.78, 5) is 11.7. The first-order chi connectivity index (χ1) is 10.3. The fourth-order valence-electron chi connectivity index (χ4n) is 1.60. The molecule has 2 aromatic rings. The van der Waals surface area contributed by atoms with E-state index in [4.69, 9.17) is 22.1 Å². The van der Waals surface area contributed by atoms with Crippen LogP contribution in [0.1, 0.15) is 19.7 Å². The van der Waals surface area contributed by atoms with Crippen LogP contribution in [0.25, 0.3) is 0 Å². The zero-order chi connectivity index (χ0) is 16.2. The number of halogens is 2. The van der Waals surface area contributed by atoms with Crippen molar-refractivity contribution in [2.45, 2.75) is 19.5 Å². The number of hydrogen-bond acceptors (Lipinski definition) is 6. The largest absolute Gasteiger partial charge is 0.492 e. The lowest BCUT2D eigenvalue weighted by Crippen LogP contribution is -2.20. The second-order valence-electron chi connectivity index (χ2n) is 5.04. The van der Waals surface area contributed by atoms with Crippen LogP contribution in [0.5, 0.6) is 5.75 Å². The van der Waals surface area contributed by atoms with Crippen molar-refractivity contribution in [1.29, 1.82) is 0 Å². The Morgan fingerprint density at radius 1 is 1.23 bits per heavy atom. The van der Waals surface area contributed by atoms with Crippen LogP contribution >= 0.6 is 11.6 Å². The van der Waals surface area contributed by atoms with Crippen molar-refractivity contribution in [3.05, 3.63) is 35.1 Å². The Hall–Kier alpha value is -2.15. The third-order valence-corrected chi connectivity index (χ3v) is 2.90. The van der Waals surface area contributed by atoms with Gasteiger partial charge in [-0.25, -0.2) is 4.39 Å². The van der Waals surface area contributed by atoms with Crippen molar-refractivity contribution in [3.63, 3.8) is 0 Å². The van der Waals surface area contributed by atoms with Crippen molar-refractivity contribution < 1.29 is 9.13 Å². The summed E-state index contributed by atoms with van der Waals surface area (Å²) in [6, 6.07) is 7.03. The summed E-state index contributed by atoms with van der Waals surface area (Å²) in [7, 11) is 0. The SMILES string of the molecule is CC(C)(F)c1nc(N)nc(NCCOc2ccc(Cl)cc2)n1. The van der Waals surface area contributed by atoms with Gasteiger partial charge in [0, 0.05) is 5.02 Å². The highest BCUT2D eigenvalue weighted by Gasteiger charge is 2.24. The Morgan fingerprint density at radius 2 is 1.91 bits per heavy atom. The molecule has 0 aliphatic carbocycles. The summed E-state index contributed by atoms with van der Waals surface area (Å²) in [5.74, 6) is 0.873. The second-order valence-corrected chi connectivity index (χ2v) is 5.48. The van der Waals surface area contributed by atoms with Gasteiger partial charge in [-0.15, -0.1) is 0 Å². The molecule has 0 saturated heterocycles. The van der Waals surface area contributed by atoms with Gasteiger partial charge in [0.15, 0.2) is 11.5 Å². The number of nitrogens with one attached hydrogen (secondary N) is 1. The maximum absolute atomic E-state index is 13.9. The minimum absolute atomic E-state index is 0.0129.